The molecule has 3 rings (SSSR count). The van der Waals surface area contributed by atoms with E-state index < -0.39 is 0 Å². The molecule has 104 valence electrons. The maximum atomic E-state index is 5.49. The normalized spacial score (nSPS) is 16.2. The molecule has 0 saturated carbocycles. The summed E-state index contributed by atoms with van der Waals surface area (Å²) in [6.07, 6.45) is 2.70. The smallest absolute Gasteiger partial charge is 0.221 e. The van der Waals surface area contributed by atoms with Crippen molar-refractivity contribution < 1.29 is 4.74 Å². The Hall–Kier alpha value is -2.10. The second-order valence-electron chi connectivity index (χ2n) is 5.07. The van der Waals surface area contributed by atoms with Crippen LogP contribution in [-0.2, 0) is 6.42 Å². The van der Waals surface area contributed by atoms with Crippen LogP contribution in [0.1, 0.15) is 29.5 Å². The zero-order chi connectivity index (χ0) is 13.9. The Morgan fingerprint density at radius 3 is 2.95 bits per heavy atom. The Labute approximate surface area is 119 Å². The molecule has 0 fully saturated rings. The van der Waals surface area contributed by atoms with E-state index in [-0.39, 0.29) is 0 Å². The molecule has 0 bridgehead atoms. The molecule has 0 radical (unpaired) electrons. The molecule has 1 aromatic heterocycles. The van der Waals surface area contributed by atoms with Crippen LogP contribution in [-0.4, -0.2) is 23.1 Å². The van der Waals surface area contributed by atoms with Crippen LogP contribution in [0, 0.1) is 6.92 Å². The molecule has 0 saturated heterocycles. The molecule has 1 N–H and O–H groups in total. The van der Waals surface area contributed by atoms with Crippen molar-refractivity contribution in [1.82, 2.24) is 9.97 Å². The molecular weight excluding hydrogens is 250 g/mol. The minimum atomic E-state index is 0.580. The van der Waals surface area contributed by atoms with Gasteiger partial charge in [-0.1, -0.05) is 24.3 Å². The van der Waals surface area contributed by atoms with E-state index in [0.717, 1.165) is 24.3 Å². The van der Waals surface area contributed by atoms with Crippen molar-refractivity contribution in [1.29, 1.82) is 0 Å². The Morgan fingerprint density at radius 2 is 2.15 bits per heavy atom. The van der Waals surface area contributed by atoms with Gasteiger partial charge in [-0.15, -0.1) is 0 Å². The molecule has 1 aromatic carbocycles. The van der Waals surface area contributed by atoms with Crippen molar-refractivity contribution in [3.8, 4) is 5.88 Å². The standard InChI is InChI=1S/C16H19N3O/c1-3-20-16-11(2)15(18-10-19-16)17-9-13-8-12-6-4-5-7-14(12)13/h4-7,10,13H,3,8-9H2,1-2H3,(H,17,18,19). The lowest BCUT2D eigenvalue weighted by Crippen LogP contribution is -2.24. The third-order valence-corrected chi connectivity index (χ3v) is 3.80. The second kappa shape index (κ2) is 5.49. The Morgan fingerprint density at radius 1 is 1.30 bits per heavy atom. The molecule has 4 nitrogen and oxygen atoms in total. The van der Waals surface area contributed by atoms with Gasteiger partial charge in [0.05, 0.1) is 12.2 Å². The topological polar surface area (TPSA) is 47.0 Å². The van der Waals surface area contributed by atoms with Gasteiger partial charge in [-0.05, 0) is 31.4 Å². The largest absolute Gasteiger partial charge is 0.478 e. The van der Waals surface area contributed by atoms with Gasteiger partial charge in [0, 0.05) is 12.5 Å². The Balaban J connectivity index is 1.67. The second-order valence-corrected chi connectivity index (χ2v) is 5.07. The molecule has 1 aliphatic rings. The van der Waals surface area contributed by atoms with Crippen molar-refractivity contribution in [2.24, 2.45) is 0 Å². The molecule has 1 unspecified atom stereocenters. The van der Waals surface area contributed by atoms with Gasteiger partial charge >= 0.3 is 0 Å². The number of nitrogens with one attached hydrogen (secondary N) is 1. The van der Waals surface area contributed by atoms with Crippen LogP contribution in [0.4, 0.5) is 5.82 Å². The van der Waals surface area contributed by atoms with E-state index in [0.29, 0.717) is 18.4 Å². The van der Waals surface area contributed by atoms with E-state index >= 15 is 0 Å². The fourth-order valence-corrected chi connectivity index (χ4v) is 2.66. The van der Waals surface area contributed by atoms with E-state index in [1.54, 1.807) is 6.33 Å². The van der Waals surface area contributed by atoms with Crippen molar-refractivity contribution in [2.75, 3.05) is 18.5 Å². The van der Waals surface area contributed by atoms with Crippen LogP contribution >= 0.6 is 0 Å². The minimum Gasteiger partial charge on any atom is -0.478 e. The zero-order valence-corrected chi connectivity index (χ0v) is 11.9. The maximum absolute atomic E-state index is 5.49. The Bertz CT molecular complexity index is 612. The molecule has 20 heavy (non-hydrogen) atoms. The number of fused-ring (bicyclic) bond motifs is 1. The number of aromatic nitrogens is 2. The first kappa shape index (κ1) is 12.9. The van der Waals surface area contributed by atoms with Crippen molar-refractivity contribution in [3.63, 3.8) is 0 Å². The first-order valence-electron chi connectivity index (χ1n) is 7.05. The molecule has 4 heteroatoms. The number of hydrogen-bond acceptors (Lipinski definition) is 4. The lowest BCUT2D eigenvalue weighted by atomic mass is 9.77. The third-order valence-electron chi connectivity index (χ3n) is 3.80. The van der Waals surface area contributed by atoms with Crippen LogP contribution in [0.5, 0.6) is 5.88 Å². The van der Waals surface area contributed by atoms with Crippen molar-refractivity contribution in [3.05, 3.63) is 47.3 Å². The quantitative estimate of drug-likeness (QED) is 0.906. The van der Waals surface area contributed by atoms with E-state index in [4.69, 9.17) is 4.74 Å². The summed E-state index contributed by atoms with van der Waals surface area (Å²) in [7, 11) is 0. The maximum Gasteiger partial charge on any atom is 0.221 e. The molecule has 1 atom stereocenters. The molecule has 0 amide bonds. The van der Waals surface area contributed by atoms with E-state index in [1.807, 2.05) is 13.8 Å². The predicted molar refractivity (Wildman–Crippen MR) is 79.3 cm³/mol. The number of nitrogens with zero attached hydrogens (tertiary/aromatic N) is 2. The fraction of sp³-hybridized carbons (Fsp3) is 0.375. The third kappa shape index (κ3) is 2.33. The van der Waals surface area contributed by atoms with Crippen LogP contribution in [0.15, 0.2) is 30.6 Å². The van der Waals surface area contributed by atoms with Crippen LogP contribution in [0.3, 0.4) is 0 Å². The fourth-order valence-electron chi connectivity index (χ4n) is 2.66. The van der Waals surface area contributed by atoms with E-state index in [2.05, 4.69) is 39.6 Å². The lowest BCUT2D eigenvalue weighted by molar-refractivity contribution is 0.324. The molecule has 2 aromatic rings. The first-order chi connectivity index (χ1) is 9.79. The van der Waals surface area contributed by atoms with Crippen molar-refractivity contribution in [2.45, 2.75) is 26.2 Å². The summed E-state index contributed by atoms with van der Waals surface area (Å²) in [6.45, 7) is 5.47. The highest BCUT2D eigenvalue weighted by atomic mass is 16.5. The van der Waals surface area contributed by atoms with Crippen molar-refractivity contribution >= 4 is 5.82 Å². The van der Waals surface area contributed by atoms with Gasteiger partial charge in [0.2, 0.25) is 5.88 Å². The summed E-state index contributed by atoms with van der Waals surface area (Å²) in [5, 5.41) is 3.42. The van der Waals surface area contributed by atoms with Crippen LogP contribution in [0.25, 0.3) is 0 Å². The van der Waals surface area contributed by atoms with Gasteiger partial charge in [0.1, 0.15) is 12.1 Å². The highest BCUT2D eigenvalue weighted by Crippen LogP contribution is 2.35. The summed E-state index contributed by atoms with van der Waals surface area (Å²) >= 11 is 0. The summed E-state index contributed by atoms with van der Waals surface area (Å²) in [4.78, 5) is 8.46. The molecule has 1 heterocycles. The molecule has 1 aliphatic carbocycles. The van der Waals surface area contributed by atoms with Gasteiger partial charge < -0.3 is 10.1 Å². The molecule has 0 aliphatic heterocycles. The average molecular weight is 269 g/mol. The van der Waals surface area contributed by atoms with Gasteiger partial charge in [-0.3, -0.25) is 0 Å². The van der Waals surface area contributed by atoms with E-state index in [1.165, 1.54) is 11.1 Å². The summed E-state index contributed by atoms with van der Waals surface area (Å²) < 4.78 is 5.49. The van der Waals surface area contributed by atoms with Gasteiger partial charge in [-0.25, -0.2) is 9.97 Å². The SMILES string of the molecule is CCOc1ncnc(NCC2Cc3ccccc32)c1C. The number of ether oxygens (including phenoxy) is 1. The van der Waals surface area contributed by atoms with Gasteiger partial charge in [-0.2, -0.15) is 0 Å². The Kier molecular flexibility index (Phi) is 3.54. The zero-order valence-electron chi connectivity index (χ0n) is 11.9. The summed E-state index contributed by atoms with van der Waals surface area (Å²) in [5.41, 5.74) is 3.90. The molecular formula is C16H19N3O. The van der Waals surface area contributed by atoms with Gasteiger partial charge in [0.25, 0.3) is 0 Å². The monoisotopic (exact) mass is 269 g/mol. The first-order valence-corrected chi connectivity index (χ1v) is 7.05. The number of anilines is 1. The van der Waals surface area contributed by atoms with Crippen LogP contribution < -0.4 is 10.1 Å². The lowest BCUT2D eigenvalue weighted by Gasteiger charge is -2.30. The number of benzene rings is 1. The average Bonchev–Trinajstić information content (AvgIpc) is 2.44. The van der Waals surface area contributed by atoms with E-state index in [9.17, 15) is 0 Å². The number of rotatable bonds is 5. The highest BCUT2D eigenvalue weighted by Gasteiger charge is 2.25. The van der Waals surface area contributed by atoms with Gasteiger partial charge in [0.15, 0.2) is 0 Å². The summed E-state index contributed by atoms with van der Waals surface area (Å²) in [5.74, 6) is 2.11. The number of hydrogen-bond donors (Lipinski definition) is 1. The highest BCUT2D eigenvalue weighted by molar-refractivity contribution is 5.49. The predicted octanol–water partition coefficient (Wildman–Crippen LogP) is 2.94. The molecule has 0 spiro atoms. The van der Waals surface area contributed by atoms with Crippen LogP contribution in [0.2, 0.25) is 0 Å². The summed E-state index contributed by atoms with van der Waals surface area (Å²) in [6, 6.07) is 8.62. The minimum absolute atomic E-state index is 0.580.